The Labute approximate surface area is 277 Å². The Morgan fingerprint density at radius 2 is 0.429 bits per heavy atom. The summed E-state index contributed by atoms with van der Waals surface area (Å²) in [5.41, 5.74) is 0. The van der Waals surface area contributed by atoms with Gasteiger partial charge in [-0.1, -0.05) is 0 Å². The second-order valence-electron chi connectivity index (χ2n) is 14.7. The third kappa shape index (κ3) is 4.95. The number of thioether (sulfide) groups is 6. The minimum Gasteiger partial charge on any atom is -0.302 e. The van der Waals surface area contributed by atoms with Crippen LogP contribution in [0.2, 0.25) is 0 Å². The van der Waals surface area contributed by atoms with Crippen molar-refractivity contribution in [3.05, 3.63) is 0 Å². The fraction of sp³-hybridized carbons (Fsp3) is 1.00. The van der Waals surface area contributed by atoms with Crippen molar-refractivity contribution in [1.82, 2.24) is 31.9 Å². The zero-order chi connectivity index (χ0) is 27.4. The molecule has 12 atom stereocenters. The second kappa shape index (κ2) is 11.8. The molecule has 234 valence electrons. The van der Waals surface area contributed by atoms with Crippen molar-refractivity contribution >= 4 is 70.6 Å². The van der Waals surface area contributed by atoms with Crippen LogP contribution < -0.4 is 31.9 Å². The highest BCUT2D eigenvalue weighted by molar-refractivity contribution is 8.08. The van der Waals surface area contributed by atoms with Crippen molar-refractivity contribution < 1.29 is 0 Å². The van der Waals surface area contributed by atoms with Crippen LogP contribution in [0.3, 0.4) is 0 Å². The molecule has 4 saturated carbocycles. The molecule has 0 aromatic heterocycles. The Morgan fingerprint density at radius 1 is 0.262 bits per heavy atom. The van der Waals surface area contributed by atoms with Crippen LogP contribution in [0.5, 0.6) is 0 Å². The molecule has 6 nitrogen and oxygen atoms in total. The minimum absolute atomic E-state index is 0.618. The van der Waals surface area contributed by atoms with E-state index in [0.29, 0.717) is 32.2 Å². The molecule has 6 heterocycles. The van der Waals surface area contributed by atoms with Gasteiger partial charge in [-0.25, -0.2) is 0 Å². The maximum Gasteiger partial charge on any atom is 0.0786 e. The molecule has 10 aliphatic rings. The van der Waals surface area contributed by atoms with Gasteiger partial charge in [0.1, 0.15) is 0 Å². The van der Waals surface area contributed by atoms with Gasteiger partial charge >= 0.3 is 0 Å². The zero-order valence-electron chi connectivity index (χ0n) is 24.3. The lowest BCUT2D eigenvalue weighted by Crippen LogP contribution is -2.63. The van der Waals surface area contributed by atoms with Gasteiger partial charge in [0.25, 0.3) is 0 Å². The molecular weight excluding hydrogens is 637 g/mol. The molecule has 0 aromatic rings. The van der Waals surface area contributed by atoms with Crippen LogP contribution in [0.1, 0.15) is 38.5 Å². The van der Waals surface area contributed by atoms with Crippen LogP contribution in [-0.2, 0) is 0 Å². The molecule has 6 saturated heterocycles. The standard InChI is InChI=1S/C30H48N6S6/c1-2-32-26-25(31-1)37-19-7-13-14(8-20(19)38-26)16-10-22-24(42-30-29(40-22)35-5-6-36-30)12-18(16)17-11-23-21(9-15(13)17)39-27-28(41-23)34-4-3-33-27/h13-36H,1-12H2. The van der Waals surface area contributed by atoms with Gasteiger partial charge in [0.15, 0.2) is 0 Å². The van der Waals surface area contributed by atoms with Crippen molar-refractivity contribution in [3.63, 3.8) is 0 Å². The highest BCUT2D eigenvalue weighted by atomic mass is 32.2. The number of hydrogen-bond donors (Lipinski definition) is 6. The fourth-order valence-corrected chi connectivity index (χ4v) is 22.2. The van der Waals surface area contributed by atoms with Gasteiger partial charge in [-0.15, -0.1) is 70.6 Å². The lowest BCUT2D eigenvalue weighted by molar-refractivity contribution is -0.0721. The fourth-order valence-electron chi connectivity index (χ4n) is 11.2. The van der Waals surface area contributed by atoms with Gasteiger partial charge in [0.2, 0.25) is 0 Å². The van der Waals surface area contributed by atoms with Crippen molar-refractivity contribution in [1.29, 1.82) is 0 Å². The summed E-state index contributed by atoms with van der Waals surface area (Å²) in [6, 6.07) is 0. The zero-order valence-corrected chi connectivity index (χ0v) is 29.2. The van der Waals surface area contributed by atoms with E-state index < -0.39 is 0 Å². The van der Waals surface area contributed by atoms with Crippen LogP contribution in [0, 0.1) is 35.5 Å². The average molecular weight is 685 g/mol. The Bertz CT molecular complexity index is 815. The molecule has 12 heteroatoms. The summed E-state index contributed by atoms with van der Waals surface area (Å²) in [4.78, 5) is 0. The van der Waals surface area contributed by atoms with E-state index in [2.05, 4.69) is 102 Å². The van der Waals surface area contributed by atoms with Gasteiger partial charge in [-0.3, -0.25) is 0 Å². The normalized spacial score (nSPS) is 60.0. The van der Waals surface area contributed by atoms with Crippen molar-refractivity contribution in [2.24, 2.45) is 35.5 Å². The Kier molecular flexibility index (Phi) is 8.08. The topological polar surface area (TPSA) is 72.2 Å². The smallest absolute Gasteiger partial charge is 0.0786 e. The van der Waals surface area contributed by atoms with E-state index in [1.165, 1.54) is 38.5 Å². The van der Waals surface area contributed by atoms with Gasteiger partial charge in [-0.05, 0) is 74.0 Å². The summed E-state index contributed by atoms with van der Waals surface area (Å²) < 4.78 is 0. The third-order valence-electron chi connectivity index (χ3n) is 12.8. The van der Waals surface area contributed by atoms with Crippen LogP contribution in [-0.4, -0.2) is 103 Å². The van der Waals surface area contributed by atoms with E-state index >= 15 is 0 Å². The van der Waals surface area contributed by atoms with Gasteiger partial charge in [0, 0.05) is 70.8 Å². The molecule has 0 aromatic carbocycles. The average Bonchev–Trinajstić information content (AvgIpc) is 3.03. The van der Waals surface area contributed by atoms with Gasteiger partial charge in [-0.2, -0.15) is 0 Å². The first-order valence-corrected chi connectivity index (χ1v) is 22.7. The Hall–Kier alpha value is 1.86. The van der Waals surface area contributed by atoms with E-state index in [1.807, 2.05) is 0 Å². The van der Waals surface area contributed by atoms with Crippen LogP contribution in [0.4, 0.5) is 0 Å². The number of rotatable bonds is 0. The van der Waals surface area contributed by atoms with E-state index in [9.17, 15) is 0 Å². The summed E-state index contributed by atoms with van der Waals surface area (Å²) in [5, 5.41) is 32.2. The predicted octanol–water partition coefficient (Wildman–Crippen LogP) is 3.27. The first-order valence-electron chi connectivity index (χ1n) is 17.1. The first-order chi connectivity index (χ1) is 20.7. The van der Waals surface area contributed by atoms with Crippen molar-refractivity contribution in [3.8, 4) is 0 Å². The first kappa shape index (κ1) is 28.8. The second-order valence-corrected chi connectivity index (χ2v) is 23.0. The molecule has 0 bridgehead atoms. The van der Waals surface area contributed by atoms with Crippen LogP contribution in [0.25, 0.3) is 0 Å². The maximum atomic E-state index is 3.89. The molecular formula is C30H48N6S6. The molecule has 0 spiro atoms. The summed E-state index contributed by atoms with van der Waals surface area (Å²) in [5.74, 6) is 5.84. The highest BCUT2D eigenvalue weighted by Crippen LogP contribution is 2.66. The molecule has 4 aliphatic carbocycles. The number of piperazine rings is 3. The Balaban J connectivity index is 0.954. The molecule has 0 radical (unpaired) electrons. The van der Waals surface area contributed by atoms with Gasteiger partial charge in [0.05, 0.1) is 32.2 Å². The van der Waals surface area contributed by atoms with Crippen molar-refractivity contribution in [2.45, 2.75) is 102 Å². The molecule has 10 rings (SSSR count). The highest BCUT2D eigenvalue weighted by Gasteiger charge is 2.61. The number of nitrogens with one attached hydrogen (secondary N) is 6. The molecule has 6 aliphatic heterocycles. The van der Waals surface area contributed by atoms with E-state index in [0.717, 1.165) is 106 Å². The van der Waals surface area contributed by atoms with Crippen molar-refractivity contribution in [2.75, 3.05) is 39.3 Å². The Morgan fingerprint density at radius 3 is 0.595 bits per heavy atom. The molecule has 10 fully saturated rings. The molecule has 42 heavy (non-hydrogen) atoms. The van der Waals surface area contributed by atoms with Gasteiger partial charge < -0.3 is 31.9 Å². The SMILES string of the molecule is C1CNC2SC3CC4C(CC3SC2N1)C1CC2SC3NCCNC3SC2CC1C1CC2SC3NCCNC3SC2CC41. The molecule has 6 N–H and O–H groups in total. The monoisotopic (exact) mass is 684 g/mol. The van der Waals surface area contributed by atoms with E-state index in [4.69, 9.17) is 0 Å². The lowest BCUT2D eigenvalue weighted by Gasteiger charge is -2.64. The van der Waals surface area contributed by atoms with E-state index in [-0.39, 0.29) is 0 Å². The summed E-state index contributed by atoms with van der Waals surface area (Å²) >= 11 is 14.1. The number of hydrogen-bond acceptors (Lipinski definition) is 12. The maximum absolute atomic E-state index is 3.89. The lowest BCUT2D eigenvalue weighted by atomic mass is 9.48. The summed E-state index contributed by atoms with van der Waals surface area (Å²) in [6.07, 6.45) is 9.06. The quantitative estimate of drug-likeness (QED) is 0.227. The predicted molar refractivity (Wildman–Crippen MR) is 188 cm³/mol. The van der Waals surface area contributed by atoms with Crippen LogP contribution >= 0.6 is 70.6 Å². The van der Waals surface area contributed by atoms with E-state index in [1.54, 1.807) is 0 Å². The molecule has 12 unspecified atom stereocenters. The van der Waals surface area contributed by atoms with Crippen LogP contribution in [0.15, 0.2) is 0 Å². The summed E-state index contributed by atoms with van der Waals surface area (Å²) in [6.45, 7) is 6.83. The largest absolute Gasteiger partial charge is 0.302 e. The minimum atomic E-state index is 0.618. The third-order valence-corrected chi connectivity index (χ3v) is 23.4. The number of fused-ring (bicyclic) bond motifs is 12. The molecule has 0 amide bonds. The summed E-state index contributed by atoms with van der Waals surface area (Å²) in [7, 11) is 0.